The summed E-state index contributed by atoms with van der Waals surface area (Å²) in [5.74, 6) is -0.870. The van der Waals surface area contributed by atoms with E-state index in [2.05, 4.69) is 15.4 Å². The molecule has 3 N–H and O–H groups in total. The summed E-state index contributed by atoms with van der Waals surface area (Å²) >= 11 is 0. The number of sulfonamides is 1. The maximum atomic E-state index is 13.2. The first kappa shape index (κ1) is 26.6. The van der Waals surface area contributed by atoms with Crippen LogP contribution in [0.4, 0.5) is 11.4 Å². The molecular weight excluding hydrogens is 498 g/mol. The number of para-hydroxylation sites is 1. The number of nitrogens with one attached hydrogen (secondary N) is 3. The summed E-state index contributed by atoms with van der Waals surface area (Å²) in [6.45, 7) is 5.79. The summed E-state index contributed by atoms with van der Waals surface area (Å²) in [7, 11) is -3.96. The SMILES string of the molecule is Cc1cc(C)cc(NS(=O)(=O)c2cc(C(=O)Nc3ccccc3C(=O)NCc3ccccc3)ccc2C)c1. The van der Waals surface area contributed by atoms with Crippen LogP contribution < -0.4 is 15.4 Å². The van der Waals surface area contributed by atoms with Crippen LogP contribution in [0.2, 0.25) is 0 Å². The lowest BCUT2D eigenvalue weighted by molar-refractivity contribution is 0.0951. The molecular formula is C30H29N3O4S. The monoisotopic (exact) mass is 527 g/mol. The third kappa shape index (κ3) is 6.46. The molecule has 4 aromatic carbocycles. The Labute approximate surface area is 223 Å². The van der Waals surface area contributed by atoms with Crippen molar-refractivity contribution in [2.24, 2.45) is 0 Å². The Morgan fingerprint density at radius 1 is 0.737 bits per heavy atom. The second-order valence-electron chi connectivity index (χ2n) is 9.13. The Kier molecular flexibility index (Phi) is 7.93. The van der Waals surface area contributed by atoms with Crippen LogP contribution in [0.15, 0.2) is 95.9 Å². The van der Waals surface area contributed by atoms with Gasteiger partial charge in [-0.3, -0.25) is 14.3 Å². The quantitative estimate of drug-likeness (QED) is 0.278. The van der Waals surface area contributed by atoms with Crippen LogP contribution in [0, 0.1) is 20.8 Å². The van der Waals surface area contributed by atoms with Crippen LogP contribution in [-0.2, 0) is 16.6 Å². The van der Waals surface area contributed by atoms with Gasteiger partial charge in [0.2, 0.25) is 0 Å². The van der Waals surface area contributed by atoms with Crippen molar-refractivity contribution in [3.05, 3.63) is 124 Å². The van der Waals surface area contributed by atoms with E-state index in [1.54, 1.807) is 55.5 Å². The molecule has 0 bridgehead atoms. The lowest BCUT2D eigenvalue weighted by Gasteiger charge is -2.14. The van der Waals surface area contributed by atoms with Crippen molar-refractivity contribution in [3.63, 3.8) is 0 Å². The van der Waals surface area contributed by atoms with E-state index in [-0.39, 0.29) is 16.4 Å². The number of benzene rings is 4. The minimum Gasteiger partial charge on any atom is -0.348 e. The van der Waals surface area contributed by atoms with E-state index in [1.807, 2.05) is 50.2 Å². The molecule has 0 atom stereocenters. The van der Waals surface area contributed by atoms with Gasteiger partial charge in [-0.1, -0.05) is 54.6 Å². The van der Waals surface area contributed by atoms with Gasteiger partial charge in [0.1, 0.15) is 0 Å². The highest BCUT2D eigenvalue weighted by atomic mass is 32.2. The van der Waals surface area contributed by atoms with Crippen LogP contribution >= 0.6 is 0 Å². The molecule has 0 aliphatic heterocycles. The number of anilines is 2. The van der Waals surface area contributed by atoms with E-state index < -0.39 is 15.9 Å². The van der Waals surface area contributed by atoms with Crippen molar-refractivity contribution in [1.29, 1.82) is 0 Å². The summed E-state index contributed by atoms with van der Waals surface area (Å²) in [4.78, 5) is 26.0. The Hall–Kier alpha value is -4.43. The molecule has 8 heteroatoms. The summed E-state index contributed by atoms with van der Waals surface area (Å²) in [6, 6.07) is 26.1. The molecule has 0 saturated carbocycles. The first-order valence-electron chi connectivity index (χ1n) is 12.1. The number of rotatable bonds is 8. The number of carbonyl (C=O) groups is 2. The number of carbonyl (C=O) groups excluding carboxylic acids is 2. The van der Waals surface area contributed by atoms with Crippen LogP contribution in [0.25, 0.3) is 0 Å². The summed E-state index contributed by atoms with van der Waals surface area (Å²) in [5.41, 5.74) is 4.53. The maximum Gasteiger partial charge on any atom is 0.262 e. The standard InChI is InChI=1S/C30H29N3O4S/c1-20-15-21(2)17-25(16-20)33-38(36,37)28-18-24(14-13-22(28)3)29(34)32-27-12-8-7-11-26(27)30(35)31-19-23-9-5-4-6-10-23/h4-18,33H,19H2,1-3H3,(H,31,35)(H,32,34). The molecule has 0 aliphatic carbocycles. The van der Waals surface area contributed by atoms with Gasteiger partial charge >= 0.3 is 0 Å². The van der Waals surface area contributed by atoms with Gasteiger partial charge in [0.05, 0.1) is 16.1 Å². The molecule has 0 aliphatic rings. The summed E-state index contributed by atoms with van der Waals surface area (Å²) in [6.07, 6.45) is 0. The largest absolute Gasteiger partial charge is 0.348 e. The Morgan fingerprint density at radius 2 is 1.39 bits per heavy atom. The number of aryl methyl sites for hydroxylation is 3. The predicted molar refractivity (Wildman–Crippen MR) is 150 cm³/mol. The average Bonchev–Trinajstić information content (AvgIpc) is 2.87. The first-order chi connectivity index (χ1) is 18.1. The molecule has 0 spiro atoms. The third-order valence-corrected chi connectivity index (χ3v) is 7.45. The van der Waals surface area contributed by atoms with Crippen LogP contribution in [0.5, 0.6) is 0 Å². The fourth-order valence-electron chi connectivity index (χ4n) is 4.13. The zero-order valence-corrected chi connectivity index (χ0v) is 22.2. The molecule has 0 saturated heterocycles. The second kappa shape index (κ2) is 11.3. The molecule has 2 amide bonds. The van der Waals surface area contributed by atoms with Crippen molar-refractivity contribution < 1.29 is 18.0 Å². The Bertz CT molecular complexity index is 1580. The van der Waals surface area contributed by atoms with Gasteiger partial charge in [-0.05, 0) is 79.4 Å². The first-order valence-corrected chi connectivity index (χ1v) is 13.5. The van der Waals surface area contributed by atoms with E-state index >= 15 is 0 Å². The van der Waals surface area contributed by atoms with Gasteiger partial charge in [0.15, 0.2) is 0 Å². The normalized spacial score (nSPS) is 11.0. The lowest BCUT2D eigenvalue weighted by Crippen LogP contribution is -2.25. The van der Waals surface area contributed by atoms with Crippen LogP contribution in [-0.4, -0.2) is 20.2 Å². The van der Waals surface area contributed by atoms with Gasteiger partial charge in [-0.2, -0.15) is 0 Å². The van der Waals surface area contributed by atoms with Gasteiger partial charge in [-0.25, -0.2) is 8.42 Å². The molecule has 0 fully saturated rings. The third-order valence-electron chi connectivity index (χ3n) is 5.93. The second-order valence-corrected chi connectivity index (χ2v) is 10.8. The Morgan fingerprint density at radius 3 is 2.11 bits per heavy atom. The van der Waals surface area contributed by atoms with Gasteiger partial charge in [-0.15, -0.1) is 0 Å². The molecule has 0 aromatic heterocycles. The van der Waals surface area contributed by atoms with E-state index in [4.69, 9.17) is 0 Å². The van der Waals surface area contributed by atoms with Crippen molar-refractivity contribution in [3.8, 4) is 0 Å². The number of amides is 2. The molecule has 38 heavy (non-hydrogen) atoms. The minimum atomic E-state index is -3.96. The molecule has 0 radical (unpaired) electrons. The zero-order valence-electron chi connectivity index (χ0n) is 21.4. The van der Waals surface area contributed by atoms with Crippen molar-refractivity contribution in [2.75, 3.05) is 10.0 Å². The molecule has 0 unspecified atom stereocenters. The van der Waals surface area contributed by atoms with E-state index in [0.717, 1.165) is 16.7 Å². The summed E-state index contributed by atoms with van der Waals surface area (Å²) in [5, 5.41) is 5.61. The number of hydrogen-bond acceptors (Lipinski definition) is 4. The maximum absolute atomic E-state index is 13.2. The molecule has 4 aromatic rings. The average molecular weight is 528 g/mol. The fraction of sp³-hybridized carbons (Fsp3) is 0.133. The van der Waals surface area contributed by atoms with Crippen molar-refractivity contribution >= 4 is 33.2 Å². The van der Waals surface area contributed by atoms with Crippen molar-refractivity contribution in [2.45, 2.75) is 32.2 Å². The minimum absolute atomic E-state index is 0.00167. The van der Waals surface area contributed by atoms with Crippen LogP contribution in [0.3, 0.4) is 0 Å². The molecule has 7 nitrogen and oxygen atoms in total. The highest BCUT2D eigenvalue weighted by molar-refractivity contribution is 7.92. The Balaban J connectivity index is 1.54. The molecule has 0 heterocycles. The smallest absolute Gasteiger partial charge is 0.262 e. The molecule has 4 rings (SSSR count). The van der Waals surface area contributed by atoms with Crippen molar-refractivity contribution in [1.82, 2.24) is 5.32 Å². The van der Waals surface area contributed by atoms with Gasteiger partial charge in [0, 0.05) is 17.8 Å². The summed E-state index contributed by atoms with van der Waals surface area (Å²) < 4.78 is 29.0. The van der Waals surface area contributed by atoms with Gasteiger partial charge in [0.25, 0.3) is 21.8 Å². The highest BCUT2D eigenvalue weighted by Crippen LogP contribution is 2.24. The van der Waals surface area contributed by atoms with E-state index in [0.29, 0.717) is 29.0 Å². The van der Waals surface area contributed by atoms with Crippen LogP contribution in [0.1, 0.15) is 43.0 Å². The zero-order chi connectivity index (χ0) is 27.3. The molecule has 194 valence electrons. The highest BCUT2D eigenvalue weighted by Gasteiger charge is 2.21. The van der Waals surface area contributed by atoms with Gasteiger partial charge < -0.3 is 10.6 Å². The predicted octanol–water partition coefficient (Wildman–Crippen LogP) is 5.59. The number of hydrogen-bond donors (Lipinski definition) is 3. The fourth-order valence-corrected chi connectivity index (χ4v) is 5.44. The topological polar surface area (TPSA) is 104 Å². The van der Waals surface area contributed by atoms with E-state index in [9.17, 15) is 18.0 Å². The van der Waals surface area contributed by atoms with E-state index in [1.165, 1.54) is 6.07 Å². The lowest BCUT2D eigenvalue weighted by atomic mass is 10.1.